The van der Waals surface area contributed by atoms with Crippen LogP contribution in [0.2, 0.25) is 0 Å². The lowest BCUT2D eigenvalue weighted by atomic mass is 9.81. The van der Waals surface area contributed by atoms with E-state index in [0.717, 1.165) is 21.8 Å². The summed E-state index contributed by atoms with van der Waals surface area (Å²) in [5.74, 6) is 0.770. The maximum absolute atomic E-state index is 12.4. The van der Waals surface area contributed by atoms with Gasteiger partial charge in [-0.1, -0.05) is 0 Å². The monoisotopic (exact) mass is 258 g/mol. The molecule has 1 aromatic rings. The summed E-state index contributed by atoms with van der Waals surface area (Å²) in [5, 5.41) is 21.2. The highest BCUT2D eigenvalue weighted by molar-refractivity contribution is 6.01. The van der Waals surface area contributed by atoms with Gasteiger partial charge in [0.15, 0.2) is 6.04 Å². The molecule has 1 unspecified atom stereocenters. The van der Waals surface area contributed by atoms with Gasteiger partial charge in [-0.15, -0.1) is 0 Å². The third kappa shape index (κ3) is 2.41. The van der Waals surface area contributed by atoms with Crippen molar-refractivity contribution in [1.82, 2.24) is 0 Å². The predicted molar refractivity (Wildman–Crippen MR) is 73.1 cm³/mol. The Morgan fingerprint density at radius 3 is 2.58 bits per heavy atom. The minimum absolute atomic E-state index is 0.210. The maximum Gasteiger partial charge on any atom is 0.200 e. The molecule has 1 aromatic carbocycles. The first kappa shape index (κ1) is 13.4. The number of benzene rings is 1. The normalized spacial score (nSPS) is 21.3. The summed E-state index contributed by atoms with van der Waals surface area (Å²) in [6.07, 6.45) is 0.984. The molecule has 0 spiro atoms. The average Bonchev–Trinajstić information content (AvgIpc) is 2.60. The van der Waals surface area contributed by atoms with Crippen molar-refractivity contribution in [2.45, 2.75) is 32.7 Å². The summed E-state index contributed by atoms with van der Waals surface area (Å²) in [6, 6.07) is 9.35. The average molecular weight is 258 g/mol. The minimum Gasteiger partial charge on any atom is -0.623 e. The molecule has 0 fully saturated rings. The van der Waals surface area contributed by atoms with Crippen LogP contribution in [0.5, 0.6) is 5.75 Å². The Balaban J connectivity index is 2.42. The van der Waals surface area contributed by atoms with Crippen LogP contribution in [0.1, 0.15) is 32.3 Å². The Morgan fingerprint density at radius 1 is 1.42 bits per heavy atom. The summed E-state index contributed by atoms with van der Waals surface area (Å²) in [6.45, 7) is 4.10. The van der Waals surface area contributed by atoms with Gasteiger partial charge in [-0.2, -0.15) is 5.26 Å². The fourth-order valence-corrected chi connectivity index (χ4v) is 2.78. The quantitative estimate of drug-likeness (QED) is 0.618. The molecule has 0 saturated carbocycles. The van der Waals surface area contributed by atoms with Gasteiger partial charge in [0.25, 0.3) is 0 Å². The first-order chi connectivity index (χ1) is 8.99. The van der Waals surface area contributed by atoms with Gasteiger partial charge in [-0.3, -0.25) is 0 Å². The molecule has 0 amide bonds. The Kier molecular flexibility index (Phi) is 3.48. The molecule has 1 aliphatic heterocycles. The van der Waals surface area contributed by atoms with E-state index in [2.05, 4.69) is 19.9 Å². The van der Waals surface area contributed by atoms with E-state index in [1.807, 2.05) is 24.3 Å². The zero-order valence-electron chi connectivity index (χ0n) is 11.5. The van der Waals surface area contributed by atoms with Gasteiger partial charge < -0.3 is 9.94 Å². The molecule has 4 nitrogen and oxygen atoms in total. The van der Waals surface area contributed by atoms with Gasteiger partial charge in [-0.25, -0.2) is 4.74 Å². The highest BCUT2D eigenvalue weighted by Gasteiger charge is 2.45. The third-order valence-electron chi connectivity index (χ3n) is 3.63. The van der Waals surface area contributed by atoms with Crippen molar-refractivity contribution >= 4 is 5.71 Å². The molecule has 1 aliphatic rings. The number of hydroxylamine groups is 1. The second-order valence-corrected chi connectivity index (χ2v) is 5.51. The summed E-state index contributed by atoms with van der Waals surface area (Å²) in [5.41, 5.74) is 1.45. The van der Waals surface area contributed by atoms with Crippen LogP contribution in [0.3, 0.4) is 0 Å². The second-order valence-electron chi connectivity index (χ2n) is 5.51. The molecular formula is C15H18N2O2. The number of ether oxygens (including phenoxy) is 1. The number of hydrogen-bond donors (Lipinski definition) is 0. The van der Waals surface area contributed by atoms with Crippen LogP contribution in [0.15, 0.2) is 24.3 Å². The fourth-order valence-electron chi connectivity index (χ4n) is 2.78. The molecule has 100 valence electrons. The number of rotatable bonds is 3. The van der Waals surface area contributed by atoms with Crippen LogP contribution in [-0.2, 0) is 0 Å². The molecule has 1 atom stereocenters. The first-order valence-electron chi connectivity index (χ1n) is 6.35. The topological polar surface area (TPSA) is 59.1 Å². The Morgan fingerprint density at radius 2 is 2.05 bits per heavy atom. The molecule has 19 heavy (non-hydrogen) atoms. The van der Waals surface area contributed by atoms with E-state index in [1.165, 1.54) is 0 Å². The Bertz CT molecular complexity index is 538. The van der Waals surface area contributed by atoms with E-state index >= 15 is 0 Å². The lowest BCUT2D eigenvalue weighted by Gasteiger charge is -2.16. The number of methoxy groups -OCH3 is 1. The molecule has 0 N–H and O–H groups in total. The van der Waals surface area contributed by atoms with Gasteiger partial charge in [0.1, 0.15) is 5.75 Å². The van der Waals surface area contributed by atoms with Gasteiger partial charge in [0.2, 0.25) is 5.71 Å². The van der Waals surface area contributed by atoms with Crippen LogP contribution in [0, 0.1) is 22.0 Å². The highest BCUT2D eigenvalue weighted by atomic mass is 16.5. The first-order valence-corrected chi connectivity index (χ1v) is 6.35. The van der Waals surface area contributed by atoms with Gasteiger partial charge >= 0.3 is 0 Å². The van der Waals surface area contributed by atoms with Crippen molar-refractivity contribution < 1.29 is 9.48 Å². The molecular weight excluding hydrogens is 240 g/mol. The lowest BCUT2D eigenvalue weighted by molar-refractivity contribution is -0.490. The SMILES string of the molecule is COc1ccc(C2=[N+]([O-])C(CC#N)CC2(C)C)cc1. The largest absolute Gasteiger partial charge is 0.623 e. The lowest BCUT2D eigenvalue weighted by Crippen LogP contribution is -2.24. The van der Waals surface area contributed by atoms with Crippen molar-refractivity contribution in [3.63, 3.8) is 0 Å². The zero-order chi connectivity index (χ0) is 14.0. The van der Waals surface area contributed by atoms with E-state index in [0.29, 0.717) is 6.42 Å². The van der Waals surface area contributed by atoms with Gasteiger partial charge in [0.05, 0.1) is 25.0 Å². The highest BCUT2D eigenvalue weighted by Crippen LogP contribution is 2.36. The van der Waals surface area contributed by atoms with E-state index in [1.54, 1.807) is 7.11 Å². The Labute approximate surface area is 113 Å². The number of nitrogens with zero attached hydrogens (tertiary/aromatic N) is 2. The van der Waals surface area contributed by atoms with Crippen LogP contribution >= 0.6 is 0 Å². The Hall–Kier alpha value is -2.02. The van der Waals surface area contributed by atoms with Crippen molar-refractivity contribution in [3.05, 3.63) is 35.0 Å². The van der Waals surface area contributed by atoms with E-state index in [9.17, 15) is 5.21 Å². The van der Waals surface area contributed by atoms with Crippen LogP contribution in [0.25, 0.3) is 0 Å². The summed E-state index contributed by atoms with van der Waals surface area (Å²) < 4.78 is 6.15. The number of hydrogen-bond acceptors (Lipinski definition) is 3. The molecule has 2 rings (SSSR count). The van der Waals surface area contributed by atoms with Crippen molar-refractivity contribution in [1.29, 1.82) is 5.26 Å². The van der Waals surface area contributed by atoms with Gasteiger partial charge in [0, 0.05) is 12.0 Å². The molecule has 1 heterocycles. The summed E-state index contributed by atoms with van der Waals surface area (Å²) in [4.78, 5) is 0. The van der Waals surface area contributed by atoms with Crippen molar-refractivity contribution in [3.8, 4) is 11.8 Å². The summed E-state index contributed by atoms with van der Waals surface area (Å²) in [7, 11) is 1.62. The van der Waals surface area contributed by atoms with Gasteiger partial charge in [-0.05, 0) is 38.1 Å². The standard InChI is InChI=1S/C15H18N2O2/c1-15(2)10-12(8-9-16)17(18)14(15)11-4-6-13(19-3)7-5-11/h4-7,12H,8,10H2,1-3H3. The van der Waals surface area contributed by atoms with Crippen molar-refractivity contribution in [2.75, 3.05) is 7.11 Å². The van der Waals surface area contributed by atoms with E-state index in [-0.39, 0.29) is 17.9 Å². The fraction of sp³-hybridized carbons (Fsp3) is 0.467. The molecule has 4 heteroatoms. The van der Waals surface area contributed by atoms with Crippen LogP contribution < -0.4 is 4.74 Å². The van der Waals surface area contributed by atoms with Crippen LogP contribution in [-0.4, -0.2) is 23.6 Å². The predicted octanol–water partition coefficient (Wildman–Crippen LogP) is 2.71. The smallest absolute Gasteiger partial charge is 0.200 e. The molecule has 0 aromatic heterocycles. The number of nitriles is 1. The molecule has 0 bridgehead atoms. The molecule has 0 aliphatic carbocycles. The maximum atomic E-state index is 12.4. The van der Waals surface area contributed by atoms with E-state index in [4.69, 9.17) is 10.00 Å². The van der Waals surface area contributed by atoms with Crippen LogP contribution in [0.4, 0.5) is 0 Å². The summed E-state index contributed by atoms with van der Waals surface area (Å²) >= 11 is 0. The van der Waals surface area contributed by atoms with E-state index < -0.39 is 0 Å². The molecule has 0 saturated heterocycles. The molecule has 0 radical (unpaired) electrons. The van der Waals surface area contributed by atoms with Crippen molar-refractivity contribution in [2.24, 2.45) is 5.41 Å². The second kappa shape index (κ2) is 4.93. The zero-order valence-corrected chi connectivity index (χ0v) is 11.5. The minimum atomic E-state index is -0.239. The third-order valence-corrected chi connectivity index (χ3v) is 3.63.